The van der Waals surface area contributed by atoms with Crippen LogP contribution in [0.3, 0.4) is 0 Å². The van der Waals surface area contributed by atoms with Crippen molar-refractivity contribution in [3.05, 3.63) is 36.0 Å². The minimum Gasteiger partial charge on any atom is -0.388 e. The second kappa shape index (κ2) is 4.83. The number of fused-ring (bicyclic) bond motifs is 1. The van der Waals surface area contributed by atoms with E-state index in [1.807, 2.05) is 24.3 Å². The van der Waals surface area contributed by atoms with Crippen LogP contribution in [0.5, 0.6) is 0 Å². The van der Waals surface area contributed by atoms with E-state index in [2.05, 4.69) is 4.98 Å². The summed E-state index contributed by atoms with van der Waals surface area (Å²) in [6.07, 6.45) is -2.45. The lowest BCUT2D eigenvalue weighted by Gasteiger charge is -2.41. The highest BCUT2D eigenvalue weighted by Gasteiger charge is 2.48. The molecule has 0 spiro atoms. The standard InChI is InChI=1S/C14H17NO5/c16-11-7-20-14(19,13(18)12(11)17)5-8-6-15-10-4-2-1-3-9(8)10/h1-4,6,11-13,15-19H,5,7H2/t11-,12+,13+,14+/m0/s1. The summed E-state index contributed by atoms with van der Waals surface area (Å²) < 4.78 is 5.16. The Labute approximate surface area is 115 Å². The van der Waals surface area contributed by atoms with Gasteiger partial charge in [0.15, 0.2) is 5.79 Å². The Bertz CT molecular complexity index is 612. The van der Waals surface area contributed by atoms with Gasteiger partial charge in [0.25, 0.3) is 0 Å². The number of benzene rings is 1. The highest BCUT2D eigenvalue weighted by molar-refractivity contribution is 5.83. The molecular weight excluding hydrogens is 262 g/mol. The molecule has 1 saturated heterocycles. The van der Waals surface area contributed by atoms with Crippen LogP contribution in [0.1, 0.15) is 5.56 Å². The van der Waals surface area contributed by atoms with Crippen LogP contribution in [0.15, 0.2) is 30.5 Å². The van der Waals surface area contributed by atoms with Crippen LogP contribution in [-0.4, -0.2) is 56.1 Å². The van der Waals surface area contributed by atoms with Gasteiger partial charge in [0.1, 0.15) is 18.3 Å². The van der Waals surface area contributed by atoms with Crippen molar-refractivity contribution < 1.29 is 25.2 Å². The Balaban J connectivity index is 1.90. The summed E-state index contributed by atoms with van der Waals surface area (Å²) >= 11 is 0. The molecule has 5 N–H and O–H groups in total. The highest BCUT2D eigenvalue weighted by atomic mass is 16.6. The second-order valence-corrected chi connectivity index (χ2v) is 5.19. The fourth-order valence-corrected chi connectivity index (χ4v) is 2.60. The topological polar surface area (TPSA) is 106 Å². The third-order valence-corrected chi connectivity index (χ3v) is 3.80. The molecular formula is C14H17NO5. The van der Waals surface area contributed by atoms with Crippen molar-refractivity contribution in [2.75, 3.05) is 6.61 Å². The summed E-state index contributed by atoms with van der Waals surface area (Å²) in [4.78, 5) is 3.07. The molecule has 0 radical (unpaired) electrons. The Morgan fingerprint density at radius 3 is 2.80 bits per heavy atom. The lowest BCUT2D eigenvalue weighted by molar-refractivity contribution is -0.320. The zero-order valence-corrected chi connectivity index (χ0v) is 10.7. The first-order chi connectivity index (χ1) is 9.51. The van der Waals surface area contributed by atoms with Gasteiger partial charge in [-0.15, -0.1) is 0 Å². The smallest absolute Gasteiger partial charge is 0.198 e. The van der Waals surface area contributed by atoms with Crippen LogP contribution in [0.2, 0.25) is 0 Å². The fraction of sp³-hybridized carbons (Fsp3) is 0.429. The maximum Gasteiger partial charge on any atom is 0.198 e. The number of aromatic amines is 1. The van der Waals surface area contributed by atoms with Crippen LogP contribution < -0.4 is 0 Å². The minimum absolute atomic E-state index is 0.0158. The number of para-hydroxylation sites is 1. The van der Waals surface area contributed by atoms with Crippen LogP contribution in [0.4, 0.5) is 0 Å². The lowest BCUT2D eigenvalue weighted by Crippen LogP contribution is -2.61. The van der Waals surface area contributed by atoms with E-state index in [9.17, 15) is 20.4 Å². The Kier molecular flexibility index (Phi) is 3.27. The van der Waals surface area contributed by atoms with Gasteiger partial charge in [-0.1, -0.05) is 18.2 Å². The first kappa shape index (κ1) is 13.5. The molecule has 1 aromatic carbocycles. The monoisotopic (exact) mass is 279 g/mol. The molecule has 6 heteroatoms. The zero-order valence-electron chi connectivity index (χ0n) is 10.7. The van der Waals surface area contributed by atoms with Crippen molar-refractivity contribution in [1.82, 2.24) is 4.98 Å². The van der Waals surface area contributed by atoms with Crippen LogP contribution in [-0.2, 0) is 11.2 Å². The normalized spacial score (nSPS) is 34.5. The number of ether oxygens (including phenoxy) is 1. The molecule has 2 aromatic rings. The van der Waals surface area contributed by atoms with E-state index in [0.717, 1.165) is 16.5 Å². The van der Waals surface area contributed by atoms with Crippen molar-refractivity contribution in [3.8, 4) is 0 Å². The van der Waals surface area contributed by atoms with Gasteiger partial charge in [-0.3, -0.25) is 0 Å². The average molecular weight is 279 g/mol. The fourth-order valence-electron chi connectivity index (χ4n) is 2.60. The summed E-state index contributed by atoms with van der Waals surface area (Å²) in [6, 6.07) is 7.56. The predicted molar refractivity (Wildman–Crippen MR) is 70.9 cm³/mol. The summed E-state index contributed by atoms with van der Waals surface area (Å²) in [5, 5.41) is 40.4. The van der Waals surface area contributed by atoms with Gasteiger partial charge in [0.2, 0.25) is 0 Å². The number of hydrogen-bond acceptors (Lipinski definition) is 5. The molecule has 0 saturated carbocycles. The SMILES string of the molecule is O[C@H]1[C@@H](O)[C@@](O)(Cc2c[nH]c3ccccc23)OC[C@@H]1O. The van der Waals surface area contributed by atoms with Gasteiger partial charge < -0.3 is 30.1 Å². The number of aliphatic hydroxyl groups excluding tert-OH is 3. The molecule has 0 bridgehead atoms. The third-order valence-electron chi connectivity index (χ3n) is 3.80. The van der Waals surface area contributed by atoms with Gasteiger partial charge in [-0.05, 0) is 11.6 Å². The first-order valence-corrected chi connectivity index (χ1v) is 6.47. The van der Waals surface area contributed by atoms with Gasteiger partial charge in [0.05, 0.1) is 6.61 Å². The van der Waals surface area contributed by atoms with Crippen molar-refractivity contribution in [3.63, 3.8) is 0 Å². The maximum absolute atomic E-state index is 10.4. The molecule has 0 aliphatic carbocycles. The summed E-state index contributed by atoms with van der Waals surface area (Å²) in [5.41, 5.74) is 1.68. The molecule has 3 rings (SSSR count). The molecule has 0 amide bonds. The number of aromatic nitrogens is 1. The molecule has 1 aliphatic rings. The highest BCUT2D eigenvalue weighted by Crippen LogP contribution is 2.30. The molecule has 20 heavy (non-hydrogen) atoms. The van der Waals surface area contributed by atoms with Crippen LogP contribution in [0, 0.1) is 0 Å². The zero-order chi connectivity index (χ0) is 14.3. The quantitative estimate of drug-likeness (QED) is 0.510. The summed E-state index contributed by atoms with van der Waals surface area (Å²) in [7, 11) is 0. The molecule has 4 atom stereocenters. The predicted octanol–water partition coefficient (Wildman–Crippen LogP) is -0.488. The molecule has 1 aliphatic heterocycles. The van der Waals surface area contributed by atoms with Gasteiger partial charge in [0, 0.05) is 23.5 Å². The number of hydrogen-bond donors (Lipinski definition) is 5. The first-order valence-electron chi connectivity index (χ1n) is 6.47. The number of nitrogens with one attached hydrogen (secondary N) is 1. The molecule has 6 nitrogen and oxygen atoms in total. The summed E-state index contributed by atoms with van der Waals surface area (Å²) in [5.74, 6) is -1.91. The van der Waals surface area contributed by atoms with Gasteiger partial charge in [-0.2, -0.15) is 0 Å². The van der Waals surface area contributed by atoms with E-state index in [1.54, 1.807) is 6.20 Å². The van der Waals surface area contributed by atoms with Gasteiger partial charge in [-0.25, -0.2) is 0 Å². The lowest BCUT2D eigenvalue weighted by atomic mass is 9.91. The molecule has 108 valence electrons. The Morgan fingerprint density at radius 2 is 2.00 bits per heavy atom. The van der Waals surface area contributed by atoms with Gasteiger partial charge >= 0.3 is 0 Å². The Hall–Kier alpha value is -1.44. The second-order valence-electron chi connectivity index (χ2n) is 5.19. The van der Waals surface area contributed by atoms with E-state index < -0.39 is 24.1 Å². The van der Waals surface area contributed by atoms with Crippen LogP contribution >= 0.6 is 0 Å². The van der Waals surface area contributed by atoms with Crippen LogP contribution in [0.25, 0.3) is 10.9 Å². The molecule has 1 aromatic heterocycles. The maximum atomic E-state index is 10.4. The van der Waals surface area contributed by atoms with Crippen molar-refractivity contribution in [2.24, 2.45) is 0 Å². The minimum atomic E-state index is -1.91. The van der Waals surface area contributed by atoms with Crippen molar-refractivity contribution in [1.29, 1.82) is 0 Å². The van der Waals surface area contributed by atoms with E-state index >= 15 is 0 Å². The largest absolute Gasteiger partial charge is 0.388 e. The molecule has 1 fully saturated rings. The van der Waals surface area contributed by atoms with Crippen molar-refractivity contribution in [2.45, 2.75) is 30.5 Å². The summed E-state index contributed by atoms with van der Waals surface area (Å²) in [6.45, 7) is -0.225. The number of H-pyrrole nitrogens is 1. The average Bonchev–Trinajstić information content (AvgIpc) is 2.85. The van der Waals surface area contributed by atoms with E-state index in [-0.39, 0.29) is 13.0 Å². The molecule has 0 unspecified atom stereocenters. The van der Waals surface area contributed by atoms with Crippen molar-refractivity contribution >= 4 is 10.9 Å². The van der Waals surface area contributed by atoms with E-state index in [1.165, 1.54) is 0 Å². The van der Waals surface area contributed by atoms with E-state index in [4.69, 9.17) is 4.74 Å². The van der Waals surface area contributed by atoms with E-state index in [0.29, 0.717) is 0 Å². The number of rotatable bonds is 2. The number of aliphatic hydroxyl groups is 4. The Morgan fingerprint density at radius 1 is 1.25 bits per heavy atom. The molecule has 2 heterocycles. The third kappa shape index (κ3) is 2.11.